The van der Waals surface area contributed by atoms with Crippen LogP contribution >= 0.6 is 0 Å². The first-order chi connectivity index (χ1) is 13.7. The maximum absolute atomic E-state index is 13.9. The van der Waals surface area contributed by atoms with Gasteiger partial charge in [-0.1, -0.05) is 37.5 Å². The molecular weight excluding hydrogens is 352 g/mol. The number of hydrogen-bond donors (Lipinski definition) is 0. The van der Waals surface area contributed by atoms with Crippen molar-refractivity contribution >= 4 is 11.8 Å². The molecule has 0 unspecified atom stereocenters. The molecular formula is C23H32N2O3. The molecule has 2 fully saturated rings. The molecule has 1 aliphatic carbocycles. The molecule has 0 N–H and O–H groups in total. The first-order valence-electron chi connectivity index (χ1n) is 10.9. The number of benzene rings is 1. The predicted molar refractivity (Wildman–Crippen MR) is 108 cm³/mol. The Kier molecular flexibility index (Phi) is 5.72. The Morgan fingerprint density at radius 1 is 1.07 bits per heavy atom. The quantitative estimate of drug-likeness (QED) is 0.797. The zero-order valence-corrected chi connectivity index (χ0v) is 17.0. The zero-order valence-electron chi connectivity index (χ0n) is 17.0. The molecule has 28 heavy (non-hydrogen) atoms. The van der Waals surface area contributed by atoms with Gasteiger partial charge in [-0.15, -0.1) is 0 Å². The van der Waals surface area contributed by atoms with Crippen molar-refractivity contribution in [1.29, 1.82) is 0 Å². The number of likely N-dealkylation sites (tertiary alicyclic amines) is 1. The zero-order chi connectivity index (χ0) is 19.6. The van der Waals surface area contributed by atoms with Crippen molar-refractivity contribution in [3.8, 4) is 0 Å². The summed E-state index contributed by atoms with van der Waals surface area (Å²) < 4.78 is 5.34. The minimum absolute atomic E-state index is 0.0669. The van der Waals surface area contributed by atoms with Crippen molar-refractivity contribution in [1.82, 2.24) is 9.80 Å². The van der Waals surface area contributed by atoms with Gasteiger partial charge in [0.2, 0.25) is 5.91 Å². The van der Waals surface area contributed by atoms with Crippen LogP contribution in [-0.2, 0) is 9.53 Å². The first kappa shape index (κ1) is 19.4. The molecule has 1 saturated heterocycles. The first-order valence-corrected chi connectivity index (χ1v) is 10.9. The van der Waals surface area contributed by atoms with Crippen molar-refractivity contribution in [2.45, 2.75) is 62.8 Å². The molecule has 5 heteroatoms. The number of amides is 2. The average Bonchev–Trinajstić information content (AvgIpc) is 2.75. The lowest BCUT2D eigenvalue weighted by Crippen LogP contribution is -2.63. The van der Waals surface area contributed by atoms with Gasteiger partial charge in [-0.3, -0.25) is 9.59 Å². The van der Waals surface area contributed by atoms with Crippen LogP contribution in [0, 0.1) is 0 Å². The molecule has 0 bridgehead atoms. The highest BCUT2D eigenvalue weighted by Gasteiger charge is 2.55. The maximum Gasteiger partial charge on any atom is 0.254 e. The van der Waals surface area contributed by atoms with Crippen LogP contribution in [0.25, 0.3) is 0 Å². The number of piperidine rings is 1. The summed E-state index contributed by atoms with van der Waals surface area (Å²) in [7, 11) is 1.67. The lowest BCUT2D eigenvalue weighted by molar-refractivity contribution is -0.139. The van der Waals surface area contributed by atoms with Crippen LogP contribution < -0.4 is 0 Å². The highest BCUT2D eigenvalue weighted by Crippen LogP contribution is 2.49. The van der Waals surface area contributed by atoms with Crippen molar-refractivity contribution in [2.24, 2.45) is 0 Å². The van der Waals surface area contributed by atoms with Gasteiger partial charge >= 0.3 is 0 Å². The van der Waals surface area contributed by atoms with Crippen LogP contribution in [0.5, 0.6) is 0 Å². The Labute approximate surface area is 168 Å². The Bertz CT molecular complexity index is 720. The largest absolute Gasteiger partial charge is 0.383 e. The summed E-state index contributed by atoms with van der Waals surface area (Å²) >= 11 is 0. The molecule has 2 heterocycles. The summed E-state index contributed by atoms with van der Waals surface area (Å²) in [6, 6.07) is 7.80. The molecule has 1 aromatic rings. The van der Waals surface area contributed by atoms with E-state index >= 15 is 0 Å². The summed E-state index contributed by atoms with van der Waals surface area (Å²) in [6.45, 7) is 2.74. The normalized spacial score (nSPS) is 24.3. The monoisotopic (exact) mass is 384 g/mol. The van der Waals surface area contributed by atoms with Gasteiger partial charge in [0.25, 0.3) is 5.91 Å². The topological polar surface area (TPSA) is 49.9 Å². The van der Waals surface area contributed by atoms with Gasteiger partial charge in [-0.25, -0.2) is 0 Å². The summed E-state index contributed by atoms with van der Waals surface area (Å²) in [4.78, 5) is 31.4. The van der Waals surface area contributed by atoms with Crippen LogP contribution in [0.4, 0.5) is 0 Å². The molecule has 5 nitrogen and oxygen atoms in total. The highest BCUT2D eigenvalue weighted by molar-refractivity contribution is 6.02. The summed E-state index contributed by atoms with van der Waals surface area (Å²) in [5.41, 5.74) is 1.24. The van der Waals surface area contributed by atoms with E-state index in [1.165, 1.54) is 12.8 Å². The van der Waals surface area contributed by atoms with E-state index in [1.54, 1.807) is 7.11 Å². The fourth-order valence-electron chi connectivity index (χ4n) is 5.63. The summed E-state index contributed by atoms with van der Waals surface area (Å²) in [5.74, 6) is 0.0397. The van der Waals surface area contributed by atoms with E-state index in [4.69, 9.17) is 4.74 Å². The van der Waals surface area contributed by atoms with Crippen LogP contribution in [-0.4, -0.2) is 60.5 Å². The maximum atomic E-state index is 13.9. The number of methoxy groups -OCH3 is 1. The fraction of sp³-hybridized carbons (Fsp3) is 0.652. The lowest BCUT2D eigenvalue weighted by Gasteiger charge is -2.54. The number of fused-ring (bicyclic) bond motifs is 1. The van der Waals surface area contributed by atoms with Crippen LogP contribution in [0.15, 0.2) is 24.3 Å². The van der Waals surface area contributed by atoms with Crippen molar-refractivity contribution in [3.05, 3.63) is 35.4 Å². The molecule has 0 radical (unpaired) electrons. The molecule has 2 aliphatic heterocycles. The number of rotatable bonds is 4. The van der Waals surface area contributed by atoms with Crippen molar-refractivity contribution < 1.29 is 14.3 Å². The molecule has 3 aliphatic rings. The summed E-state index contributed by atoms with van der Waals surface area (Å²) in [6.07, 6.45) is 8.50. The third-order valence-corrected chi connectivity index (χ3v) is 6.98. The van der Waals surface area contributed by atoms with Gasteiger partial charge in [0, 0.05) is 32.3 Å². The number of carbonyl (C=O) groups is 2. The third kappa shape index (κ3) is 3.24. The predicted octanol–water partition coefficient (Wildman–Crippen LogP) is 3.59. The fourth-order valence-corrected chi connectivity index (χ4v) is 5.63. The minimum atomic E-state index is -0.406. The Morgan fingerprint density at radius 2 is 1.75 bits per heavy atom. The molecule has 2 amide bonds. The minimum Gasteiger partial charge on any atom is -0.383 e. The van der Waals surface area contributed by atoms with Gasteiger partial charge in [-0.05, 0) is 43.7 Å². The molecule has 4 rings (SSSR count). The second-order valence-electron chi connectivity index (χ2n) is 8.52. The molecule has 1 aromatic carbocycles. The number of carbonyl (C=O) groups excluding carboxylic acids is 2. The van der Waals surface area contributed by atoms with Gasteiger partial charge < -0.3 is 14.5 Å². The summed E-state index contributed by atoms with van der Waals surface area (Å²) in [5, 5.41) is 0. The molecule has 152 valence electrons. The van der Waals surface area contributed by atoms with Gasteiger partial charge in [-0.2, -0.15) is 0 Å². The van der Waals surface area contributed by atoms with Gasteiger partial charge in [0.05, 0.1) is 18.1 Å². The van der Waals surface area contributed by atoms with E-state index in [0.29, 0.717) is 18.7 Å². The number of ether oxygens (including phenoxy) is 1. The van der Waals surface area contributed by atoms with Gasteiger partial charge in [0.15, 0.2) is 0 Å². The molecule has 1 atom stereocenters. The molecule has 0 aromatic heterocycles. The Hall–Kier alpha value is -1.88. The van der Waals surface area contributed by atoms with Crippen molar-refractivity contribution in [2.75, 3.05) is 33.4 Å². The SMILES string of the molecule is COCCN1C(=O)c2ccccc2[C@@H](C(=O)N2CCCCC2)C12CCCCC2. The second-order valence-corrected chi connectivity index (χ2v) is 8.52. The second kappa shape index (κ2) is 8.24. The van der Waals surface area contributed by atoms with E-state index in [-0.39, 0.29) is 17.7 Å². The van der Waals surface area contributed by atoms with Gasteiger partial charge in [0.1, 0.15) is 0 Å². The number of nitrogens with zero attached hydrogens (tertiary/aromatic N) is 2. The van der Waals surface area contributed by atoms with E-state index in [9.17, 15) is 9.59 Å². The van der Waals surface area contributed by atoms with Crippen LogP contribution in [0.3, 0.4) is 0 Å². The third-order valence-electron chi connectivity index (χ3n) is 6.98. The van der Waals surface area contributed by atoms with E-state index in [0.717, 1.165) is 57.2 Å². The average molecular weight is 385 g/mol. The van der Waals surface area contributed by atoms with Crippen molar-refractivity contribution in [3.63, 3.8) is 0 Å². The standard InChI is InChI=1S/C23H32N2O3/c1-28-17-16-25-21(26)19-11-5-4-10-18(19)20(23(25)12-6-2-7-13-23)22(27)24-14-8-3-9-15-24/h4-5,10-11,20H,2-3,6-9,12-17H2,1H3/t20-/m0/s1. The van der Waals surface area contributed by atoms with E-state index in [2.05, 4.69) is 4.90 Å². The lowest BCUT2D eigenvalue weighted by atomic mass is 9.65. The Morgan fingerprint density at radius 3 is 2.46 bits per heavy atom. The molecule has 1 spiro atoms. The smallest absolute Gasteiger partial charge is 0.254 e. The Balaban J connectivity index is 1.81. The van der Waals surface area contributed by atoms with E-state index < -0.39 is 5.54 Å². The van der Waals surface area contributed by atoms with E-state index in [1.807, 2.05) is 29.2 Å². The van der Waals surface area contributed by atoms with Crippen LogP contribution in [0.1, 0.15) is 73.2 Å². The number of hydrogen-bond acceptors (Lipinski definition) is 3. The molecule has 1 saturated carbocycles. The highest BCUT2D eigenvalue weighted by atomic mass is 16.5. The van der Waals surface area contributed by atoms with Crippen LogP contribution in [0.2, 0.25) is 0 Å².